The summed E-state index contributed by atoms with van der Waals surface area (Å²) < 4.78 is 13.4. The summed E-state index contributed by atoms with van der Waals surface area (Å²) in [6, 6.07) is 1.97. The van der Waals surface area contributed by atoms with Crippen molar-refractivity contribution < 1.29 is 14.1 Å². The second kappa shape index (κ2) is 8.05. The van der Waals surface area contributed by atoms with Gasteiger partial charge in [-0.3, -0.25) is 14.9 Å². The molecule has 0 saturated carbocycles. The molecule has 1 saturated heterocycles. The van der Waals surface area contributed by atoms with E-state index in [-0.39, 0.29) is 29.2 Å². The largest absolute Gasteiger partial charge is 0.352 e. The predicted octanol–water partition coefficient (Wildman–Crippen LogP) is 2.19. The van der Waals surface area contributed by atoms with Crippen molar-refractivity contribution in [2.75, 3.05) is 19.6 Å². The molecule has 0 radical (unpaired) electrons. The summed E-state index contributed by atoms with van der Waals surface area (Å²) in [5.74, 6) is -0.743. The average Bonchev–Trinajstić information content (AvgIpc) is 2.90. The van der Waals surface area contributed by atoms with Crippen LogP contribution in [0.2, 0.25) is 0 Å². The smallest absolute Gasteiger partial charge is 0.285 e. The maximum absolute atomic E-state index is 13.4. The molecular weight excluding hydrogens is 313 g/mol. The fourth-order valence-electron chi connectivity index (χ4n) is 2.60. The lowest BCUT2D eigenvalue weighted by Gasteiger charge is -2.10. The predicted molar refractivity (Wildman–Crippen MR) is 83.0 cm³/mol. The van der Waals surface area contributed by atoms with Crippen LogP contribution in [0.5, 0.6) is 0 Å². The van der Waals surface area contributed by atoms with Crippen LogP contribution in [0.3, 0.4) is 0 Å². The lowest BCUT2D eigenvalue weighted by atomic mass is 10.0. The SMILES string of the molecule is Cc1cc(F)cc(C(=O)NCCC2CCNC2)c1[N+](=O)[O-].Cl. The van der Waals surface area contributed by atoms with Gasteiger partial charge in [0.05, 0.1) is 4.92 Å². The summed E-state index contributed by atoms with van der Waals surface area (Å²) in [7, 11) is 0. The normalized spacial score (nSPS) is 16.9. The van der Waals surface area contributed by atoms with Gasteiger partial charge in [-0.25, -0.2) is 4.39 Å². The van der Waals surface area contributed by atoms with Crippen molar-refractivity contribution in [2.24, 2.45) is 5.92 Å². The topological polar surface area (TPSA) is 84.3 Å². The average molecular weight is 332 g/mol. The van der Waals surface area contributed by atoms with E-state index in [1.54, 1.807) is 0 Å². The van der Waals surface area contributed by atoms with Crippen LogP contribution in [0.25, 0.3) is 0 Å². The van der Waals surface area contributed by atoms with E-state index in [1.165, 1.54) is 6.92 Å². The standard InChI is InChI=1S/C14H18FN3O3.ClH/c1-9-6-11(15)7-12(13(9)18(20)21)14(19)17-5-3-10-2-4-16-8-10;/h6-7,10,16H,2-5,8H2,1H3,(H,17,19);1H. The molecular formula is C14H19ClFN3O3. The number of nitrogens with zero attached hydrogens (tertiary/aromatic N) is 1. The van der Waals surface area contributed by atoms with Crippen LogP contribution in [-0.2, 0) is 0 Å². The molecule has 0 aliphatic carbocycles. The molecule has 1 aliphatic heterocycles. The minimum Gasteiger partial charge on any atom is -0.352 e. The molecule has 22 heavy (non-hydrogen) atoms. The van der Waals surface area contributed by atoms with E-state index < -0.39 is 16.6 Å². The van der Waals surface area contributed by atoms with Gasteiger partial charge in [-0.05, 0) is 50.9 Å². The summed E-state index contributed by atoms with van der Waals surface area (Å²) in [5, 5.41) is 16.9. The Balaban J connectivity index is 0.00000242. The van der Waals surface area contributed by atoms with Crippen molar-refractivity contribution in [3.05, 3.63) is 39.2 Å². The maximum Gasteiger partial charge on any atom is 0.285 e. The first-order chi connectivity index (χ1) is 9.99. The number of halogens is 2. The summed E-state index contributed by atoms with van der Waals surface area (Å²) in [6.07, 6.45) is 1.87. The molecule has 1 atom stereocenters. The van der Waals surface area contributed by atoms with Crippen molar-refractivity contribution in [1.82, 2.24) is 10.6 Å². The molecule has 1 aromatic rings. The van der Waals surface area contributed by atoms with Gasteiger partial charge in [-0.2, -0.15) is 0 Å². The lowest BCUT2D eigenvalue weighted by Crippen LogP contribution is -2.27. The van der Waals surface area contributed by atoms with Crippen molar-refractivity contribution in [2.45, 2.75) is 19.8 Å². The zero-order valence-electron chi connectivity index (χ0n) is 12.2. The monoisotopic (exact) mass is 331 g/mol. The van der Waals surface area contributed by atoms with E-state index in [0.717, 1.165) is 38.1 Å². The van der Waals surface area contributed by atoms with E-state index in [2.05, 4.69) is 10.6 Å². The third-order valence-corrected chi connectivity index (χ3v) is 3.69. The third kappa shape index (κ3) is 4.38. The number of aryl methyl sites for hydroxylation is 1. The molecule has 2 N–H and O–H groups in total. The van der Waals surface area contributed by atoms with Crippen molar-refractivity contribution in [3.63, 3.8) is 0 Å². The minimum atomic E-state index is -0.650. The maximum atomic E-state index is 13.4. The number of hydrogen-bond donors (Lipinski definition) is 2. The van der Waals surface area contributed by atoms with Crippen LogP contribution in [-0.4, -0.2) is 30.5 Å². The number of hydrogen-bond acceptors (Lipinski definition) is 4. The van der Waals surface area contributed by atoms with Gasteiger partial charge in [0, 0.05) is 12.1 Å². The molecule has 1 amide bonds. The van der Waals surface area contributed by atoms with E-state index in [4.69, 9.17) is 0 Å². The molecule has 1 aliphatic rings. The van der Waals surface area contributed by atoms with E-state index >= 15 is 0 Å². The van der Waals surface area contributed by atoms with Gasteiger partial charge >= 0.3 is 0 Å². The number of carbonyl (C=O) groups is 1. The van der Waals surface area contributed by atoms with Gasteiger partial charge in [0.15, 0.2) is 0 Å². The zero-order chi connectivity index (χ0) is 15.4. The fourth-order valence-corrected chi connectivity index (χ4v) is 2.60. The number of rotatable bonds is 5. The van der Waals surface area contributed by atoms with Crippen LogP contribution in [0.1, 0.15) is 28.8 Å². The Kier molecular flexibility index (Phi) is 6.70. The van der Waals surface area contributed by atoms with Crippen molar-refractivity contribution in [3.8, 4) is 0 Å². The minimum absolute atomic E-state index is 0. The Bertz CT molecular complexity index is 563. The van der Waals surface area contributed by atoms with Crippen LogP contribution < -0.4 is 10.6 Å². The highest BCUT2D eigenvalue weighted by atomic mass is 35.5. The van der Waals surface area contributed by atoms with Gasteiger partial charge < -0.3 is 10.6 Å². The van der Waals surface area contributed by atoms with Gasteiger partial charge in [0.2, 0.25) is 0 Å². The Morgan fingerprint density at radius 2 is 2.27 bits per heavy atom. The summed E-state index contributed by atoms with van der Waals surface area (Å²) in [4.78, 5) is 22.4. The summed E-state index contributed by atoms with van der Waals surface area (Å²) >= 11 is 0. The van der Waals surface area contributed by atoms with E-state index in [0.29, 0.717) is 12.5 Å². The van der Waals surface area contributed by atoms with Crippen LogP contribution in [0.4, 0.5) is 10.1 Å². The van der Waals surface area contributed by atoms with Gasteiger partial charge in [-0.15, -0.1) is 12.4 Å². The molecule has 1 aromatic carbocycles. The van der Waals surface area contributed by atoms with Crippen molar-refractivity contribution >= 4 is 24.0 Å². The number of amides is 1. The first-order valence-electron chi connectivity index (χ1n) is 6.92. The van der Waals surface area contributed by atoms with Crippen LogP contribution in [0.15, 0.2) is 12.1 Å². The molecule has 1 unspecified atom stereocenters. The molecule has 0 bridgehead atoms. The fraction of sp³-hybridized carbons (Fsp3) is 0.500. The van der Waals surface area contributed by atoms with Crippen molar-refractivity contribution in [1.29, 1.82) is 0 Å². The second-order valence-electron chi connectivity index (χ2n) is 5.28. The summed E-state index contributed by atoms with van der Waals surface area (Å²) in [5.41, 5.74) is -0.413. The zero-order valence-corrected chi connectivity index (χ0v) is 13.0. The highest BCUT2D eigenvalue weighted by Gasteiger charge is 2.24. The van der Waals surface area contributed by atoms with Crippen LogP contribution >= 0.6 is 12.4 Å². The van der Waals surface area contributed by atoms with Crippen LogP contribution in [0, 0.1) is 28.8 Å². The number of nitrogens with one attached hydrogen (secondary N) is 2. The molecule has 0 spiro atoms. The number of benzene rings is 1. The lowest BCUT2D eigenvalue weighted by molar-refractivity contribution is -0.385. The Hall–Kier alpha value is -1.73. The highest BCUT2D eigenvalue weighted by Crippen LogP contribution is 2.24. The summed E-state index contributed by atoms with van der Waals surface area (Å²) in [6.45, 7) is 3.75. The Morgan fingerprint density at radius 1 is 1.55 bits per heavy atom. The molecule has 0 aromatic heterocycles. The number of carbonyl (C=O) groups excluding carboxylic acids is 1. The first kappa shape index (κ1) is 18.3. The third-order valence-electron chi connectivity index (χ3n) is 3.69. The van der Waals surface area contributed by atoms with Gasteiger partial charge in [0.25, 0.3) is 11.6 Å². The van der Waals surface area contributed by atoms with E-state index in [9.17, 15) is 19.3 Å². The molecule has 8 heteroatoms. The second-order valence-corrected chi connectivity index (χ2v) is 5.28. The molecule has 1 fully saturated rings. The highest BCUT2D eigenvalue weighted by molar-refractivity contribution is 5.98. The molecule has 2 rings (SSSR count). The molecule has 1 heterocycles. The first-order valence-corrected chi connectivity index (χ1v) is 6.92. The van der Waals surface area contributed by atoms with Gasteiger partial charge in [0.1, 0.15) is 11.4 Å². The number of nitro groups is 1. The Labute approximate surface area is 134 Å². The quantitative estimate of drug-likeness (QED) is 0.640. The van der Waals surface area contributed by atoms with E-state index in [1.807, 2.05) is 0 Å². The molecule has 6 nitrogen and oxygen atoms in total. The Morgan fingerprint density at radius 3 is 2.86 bits per heavy atom. The molecule has 122 valence electrons. The van der Waals surface area contributed by atoms with Gasteiger partial charge in [-0.1, -0.05) is 0 Å². The number of nitro benzene ring substituents is 1.